The Kier molecular flexibility index (Phi) is 5.30. The van der Waals surface area contributed by atoms with Gasteiger partial charge in [0.2, 0.25) is 0 Å². The van der Waals surface area contributed by atoms with Crippen LogP contribution in [0.2, 0.25) is 0 Å². The fraction of sp³-hybridized carbons (Fsp3) is 0.708. The van der Waals surface area contributed by atoms with Gasteiger partial charge in [-0.3, -0.25) is 14.4 Å². The largest absolute Gasteiger partial charge is 0.450 e. The lowest BCUT2D eigenvalue weighted by Crippen LogP contribution is -2.62. The number of halogens is 1. The first kappa shape index (κ1) is 21.8. The predicted molar refractivity (Wildman–Crippen MR) is 113 cm³/mol. The fourth-order valence-corrected chi connectivity index (χ4v) is 7.39. The van der Waals surface area contributed by atoms with E-state index in [-0.39, 0.29) is 47.0 Å². The van der Waals surface area contributed by atoms with E-state index in [1.807, 2.05) is 13.0 Å². The second-order valence-electron chi connectivity index (χ2n) is 9.99. The van der Waals surface area contributed by atoms with Gasteiger partial charge in [-0.1, -0.05) is 32.9 Å². The van der Waals surface area contributed by atoms with E-state index in [2.05, 4.69) is 13.0 Å². The Bertz CT molecular complexity index is 847. The van der Waals surface area contributed by atoms with Gasteiger partial charge in [0.15, 0.2) is 17.2 Å². The standard InChI is InChI=1S/C24H31ClO5/c1-4-20(29)30-24(19(28)13-25)10-8-17-16-6-5-14-11-15(26)7-9-22(14,2)21(16)18(27)12-23(17,24)3/h5-6,11,16-18,21,27H,4,7-10,12-13H2,1-3H3/t16-,17-,18?,21+,22-,23-,24-/m0/s1. The highest BCUT2D eigenvalue weighted by molar-refractivity contribution is 6.29. The molecular weight excluding hydrogens is 404 g/mol. The van der Waals surface area contributed by atoms with Crippen LogP contribution in [0.4, 0.5) is 0 Å². The van der Waals surface area contributed by atoms with E-state index >= 15 is 0 Å². The molecule has 4 aliphatic carbocycles. The van der Waals surface area contributed by atoms with Gasteiger partial charge in [-0.2, -0.15) is 0 Å². The monoisotopic (exact) mass is 434 g/mol. The highest BCUT2D eigenvalue weighted by Gasteiger charge is 2.69. The van der Waals surface area contributed by atoms with Gasteiger partial charge in [0.25, 0.3) is 0 Å². The summed E-state index contributed by atoms with van der Waals surface area (Å²) < 4.78 is 5.88. The zero-order valence-corrected chi connectivity index (χ0v) is 18.7. The molecule has 0 amide bonds. The lowest BCUT2D eigenvalue weighted by atomic mass is 9.47. The van der Waals surface area contributed by atoms with Crippen LogP contribution in [-0.2, 0) is 19.1 Å². The Morgan fingerprint density at radius 1 is 1.30 bits per heavy atom. The van der Waals surface area contributed by atoms with Crippen LogP contribution < -0.4 is 0 Å². The number of carbonyl (C=O) groups excluding carboxylic acids is 3. The van der Waals surface area contributed by atoms with Crippen LogP contribution in [0.1, 0.15) is 59.3 Å². The molecule has 6 heteroatoms. The number of alkyl halides is 1. The molecule has 30 heavy (non-hydrogen) atoms. The molecule has 0 spiro atoms. The molecule has 5 nitrogen and oxygen atoms in total. The first-order chi connectivity index (χ1) is 14.1. The summed E-state index contributed by atoms with van der Waals surface area (Å²) in [6.45, 7) is 5.86. The molecule has 2 fully saturated rings. The van der Waals surface area contributed by atoms with Gasteiger partial charge in [0.05, 0.1) is 12.0 Å². The Morgan fingerprint density at radius 3 is 2.70 bits per heavy atom. The third kappa shape index (κ3) is 2.81. The van der Waals surface area contributed by atoms with Crippen molar-refractivity contribution in [1.29, 1.82) is 0 Å². The number of rotatable bonds is 4. The maximum Gasteiger partial charge on any atom is 0.306 e. The number of ketones is 2. The lowest BCUT2D eigenvalue weighted by Gasteiger charge is -2.59. The highest BCUT2D eigenvalue weighted by Crippen LogP contribution is 2.67. The summed E-state index contributed by atoms with van der Waals surface area (Å²) in [4.78, 5) is 37.4. The number of fused-ring (bicyclic) bond motifs is 5. The Labute approximate surface area is 182 Å². The number of hydrogen-bond acceptors (Lipinski definition) is 5. The number of ether oxygens (including phenoxy) is 1. The third-order valence-corrected chi connectivity index (χ3v) is 8.97. The third-order valence-electron chi connectivity index (χ3n) is 8.72. The summed E-state index contributed by atoms with van der Waals surface area (Å²) in [5.74, 6) is -0.630. The van der Waals surface area contributed by atoms with Crippen molar-refractivity contribution < 1.29 is 24.2 Å². The van der Waals surface area contributed by atoms with Crippen LogP contribution in [0.5, 0.6) is 0 Å². The summed E-state index contributed by atoms with van der Waals surface area (Å²) in [6, 6.07) is 0. The summed E-state index contributed by atoms with van der Waals surface area (Å²) in [7, 11) is 0. The van der Waals surface area contributed by atoms with Crippen molar-refractivity contribution in [2.24, 2.45) is 28.6 Å². The van der Waals surface area contributed by atoms with Crippen LogP contribution in [-0.4, -0.2) is 40.2 Å². The molecule has 0 aromatic heterocycles. The maximum atomic E-state index is 13.1. The summed E-state index contributed by atoms with van der Waals surface area (Å²) in [5.41, 5.74) is -1.24. The number of esters is 1. The van der Waals surface area contributed by atoms with Crippen LogP contribution in [0.15, 0.2) is 23.8 Å². The lowest BCUT2D eigenvalue weighted by molar-refractivity contribution is -0.195. The van der Waals surface area contributed by atoms with Crippen molar-refractivity contribution in [2.45, 2.75) is 71.0 Å². The molecule has 0 bridgehead atoms. The van der Waals surface area contributed by atoms with E-state index in [0.29, 0.717) is 19.3 Å². The predicted octanol–water partition coefficient (Wildman–Crippen LogP) is 3.77. The molecular formula is C24H31ClO5. The van der Waals surface area contributed by atoms with Gasteiger partial charge in [-0.25, -0.2) is 0 Å². The molecule has 0 aromatic rings. The number of hydrogen-bond donors (Lipinski definition) is 1. The average Bonchev–Trinajstić information content (AvgIpc) is 3.00. The molecule has 1 unspecified atom stereocenters. The molecule has 7 atom stereocenters. The topological polar surface area (TPSA) is 80.7 Å². The number of aliphatic hydroxyl groups excluding tert-OH is 1. The number of allylic oxidation sites excluding steroid dienone is 4. The van der Waals surface area contributed by atoms with E-state index in [1.165, 1.54) is 0 Å². The van der Waals surface area contributed by atoms with Gasteiger partial charge in [0, 0.05) is 24.2 Å². The van der Waals surface area contributed by atoms with Crippen molar-refractivity contribution in [3.05, 3.63) is 23.8 Å². The quantitative estimate of drug-likeness (QED) is 0.538. The minimum atomic E-state index is -1.29. The molecule has 0 heterocycles. The summed E-state index contributed by atoms with van der Waals surface area (Å²) in [6.07, 6.45) is 8.18. The first-order valence-electron chi connectivity index (χ1n) is 11.1. The highest BCUT2D eigenvalue weighted by atomic mass is 35.5. The SMILES string of the molecule is CCC(=O)O[C@]1(C(=O)CCl)CC[C@H]2[C@@H]3C=CC4=CC(=O)CC[C@]4(C)[C@H]3C(O)C[C@@]21C. The van der Waals surface area contributed by atoms with Crippen molar-refractivity contribution in [1.82, 2.24) is 0 Å². The van der Waals surface area contributed by atoms with E-state index in [9.17, 15) is 19.5 Å². The second-order valence-corrected chi connectivity index (χ2v) is 10.3. The van der Waals surface area contributed by atoms with E-state index in [1.54, 1.807) is 13.0 Å². The van der Waals surface area contributed by atoms with Crippen molar-refractivity contribution in [3.8, 4) is 0 Å². The summed E-state index contributed by atoms with van der Waals surface area (Å²) >= 11 is 5.99. The number of carbonyl (C=O) groups is 3. The molecule has 0 radical (unpaired) electrons. The van der Waals surface area contributed by atoms with Crippen molar-refractivity contribution in [3.63, 3.8) is 0 Å². The molecule has 1 N–H and O–H groups in total. The average molecular weight is 435 g/mol. The molecule has 4 aliphatic rings. The smallest absolute Gasteiger partial charge is 0.306 e. The molecule has 2 saturated carbocycles. The Morgan fingerprint density at radius 2 is 2.03 bits per heavy atom. The van der Waals surface area contributed by atoms with Crippen LogP contribution in [0.25, 0.3) is 0 Å². The van der Waals surface area contributed by atoms with Gasteiger partial charge in [0.1, 0.15) is 0 Å². The molecule has 0 aromatic carbocycles. The minimum absolute atomic E-state index is 0.0243. The zero-order valence-electron chi connectivity index (χ0n) is 17.9. The first-order valence-corrected chi connectivity index (χ1v) is 11.6. The van der Waals surface area contributed by atoms with E-state index in [4.69, 9.17) is 16.3 Å². The Hall–Kier alpha value is -1.46. The van der Waals surface area contributed by atoms with Crippen molar-refractivity contribution >= 4 is 29.1 Å². The van der Waals surface area contributed by atoms with Crippen molar-refractivity contribution in [2.75, 3.05) is 5.88 Å². The van der Waals surface area contributed by atoms with Gasteiger partial charge >= 0.3 is 5.97 Å². The minimum Gasteiger partial charge on any atom is -0.450 e. The van der Waals surface area contributed by atoms with Crippen LogP contribution in [0.3, 0.4) is 0 Å². The van der Waals surface area contributed by atoms with Gasteiger partial charge < -0.3 is 9.84 Å². The molecule has 0 aliphatic heterocycles. The van der Waals surface area contributed by atoms with Gasteiger partial charge in [-0.15, -0.1) is 11.6 Å². The van der Waals surface area contributed by atoms with Crippen LogP contribution >= 0.6 is 11.6 Å². The zero-order chi connectivity index (χ0) is 21.9. The molecule has 4 rings (SSSR count). The molecule has 164 valence electrons. The summed E-state index contributed by atoms with van der Waals surface area (Å²) in [5, 5.41) is 11.4. The maximum absolute atomic E-state index is 13.1. The Balaban J connectivity index is 1.79. The van der Waals surface area contributed by atoms with Gasteiger partial charge in [-0.05, 0) is 54.6 Å². The number of Topliss-reactive ketones (excluding diaryl/α,β-unsaturated/α-hetero) is 1. The normalized spacial score (nSPS) is 44.6. The number of aliphatic hydroxyl groups is 1. The van der Waals surface area contributed by atoms with E-state index in [0.717, 1.165) is 18.4 Å². The van der Waals surface area contributed by atoms with Crippen LogP contribution in [0, 0.1) is 28.6 Å². The fourth-order valence-electron chi connectivity index (χ4n) is 7.17. The van der Waals surface area contributed by atoms with E-state index < -0.39 is 23.1 Å². The molecule has 0 saturated heterocycles. The second kappa shape index (κ2) is 7.30.